The van der Waals surface area contributed by atoms with Crippen LogP contribution < -0.4 is 4.90 Å². The Balaban J connectivity index is 1.69. The Hall–Kier alpha value is -3.01. The zero-order valence-corrected chi connectivity index (χ0v) is 24.5. The van der Waals surface area contributed by atoms with Gasteiger partial charge in [0.15, 0.2) is 0 Å². The number of halogens is 1. The Morgan fingerprint density at radius 3 is 2.65 bits per heavy atom. The molecule has 8 nitrogen and oxygen atoms in total. The minimum atomic E-state index is -1.27. The number of nitrogens with zero attached hydrogens (tertiary/aromatic N) is 2. The molecule has 0 radical (unpaired) electrons. The van der Waals surface area contributed by atoms with Crippen LogP contribution in [0.25, 0.3) is 0 Å². The number of likely N-dealkylation sites (tertiary alicyclic amines) is 1. The van der Waals surface area contributed by atoms with Crippen LogP contribution in [0.15, 0.2) is 61.2 Å². The Morgan fingerprint density at radius 2 is 2.00 bits per heavy atom. The van der Waals surface area contributed by atoms with E-state index < -0.39 is 48.2 Å². The number of esters is 1. The van der Waals surface area contributed by atoms with E-state index in [1.165, 1.54) is 4.90 Å². The number of carbonyl (C=O) groups excluding carboxylic acids is 3. The highest BCUT2D eigenvalue weighted by Gasteiger charge is 2.77. The summed E-state index contributed by atoms with van der Waals surface area (Å²) < 4.78 is 12.0. The number of rotatable bonds is 9. The first kappa shape index (κ1) is 28.5. The summed E-state index contributed by atoms with van der Waals surface area (Å²) in [6.45, 7) is 9.46. The van der Waals surface area contributed by atoms with Crippen molar-refractivity contribution in [2.24, 2.45) is 11.8 Å². The van der Waals surface area contributed by atoms with E-state index in [2.05, 4.69) is 22.5 Å². The average Bonchev–Trinajstić information content (AvgIpc) is 3.53. The number of alkyl halides is 1. The summed E-state index contributed by atoms with van der Waals surface area (Å²) in [5, 5.41) is 10.7. The molecular weight excluding hydrogens is 576 g/mol. The smallest absolute Gasteiger partial charge is 0.312 e. The Morgan fingerprint density at radius 1 is 1.27 bits per heavy atom. The minimum Gasteiger partial charge on any atom is -0.466 e. The number of fused-ring (bicyclic) bond motifs is 1. The predicted molar refractivity (Wildman–Crippen MR) is 154 cm³/mol. The maximum Gasteiger partial charge on any atom is 0.312 e. The second-order valence-electron chi connectivity index (χ2n) is 10.8. The lowest BCUT2D eigenvalue weighted by Crippen LogP contribution is -2.57. The SMILES string of the molecule is C=CCN(C(=O)[C@@H]1N([C@H](CO)c2ccccc2)C(=O)[C@H]2[C@H](C(=O)OCC)[C@H]3O[C@@]12CC3Br)c1cc(C)ccc1C. The van der Waals surface area contributed by atoms with Crippen molar-refractivity contribution in [3.8, 4) is 0 Å². The maximum absolute atomic E-state index is 14.8. The van der Waals surface area contributed by atoms with Gasteiger partial charge in [0, 0.05) is 17.1 Å². The molecule has 3 heterocycles. The molecule has 1 spiro atoms. The summed E-state index contributed by atoms with van der Waals surface area (Å²) in [7, 11) is 0. The average molecular weight is 612 g/mol. The lowest BCUT2D eigenvalue weighted by molar-refractivity contribution is -0.155. The fourth-order valence-electron chi connectivity index (χ4n) is 6.81. The summed E-state index contributed by atoms with van der Waals surface area (Å²) in [5.41, 5.74) is 2.00. The van der Waals surface area contributed by atoms with Crippen LogP contribution in [-0.4, -0.2) is 70.1 Å². The predicted octanol–water partition coefficient (Wildman–Crippen LogP) is 3.87. The van der Waals surface area contributed by atoms with Crippen LogP contribution in [0.2, 0.25) is 0 Å². The van der Waals surface area contributed by atoms with Crippen molar-refractivity contribution in [2.75, 3.05) is 24.7 Å². The van der Waals surface area contributed by atoms with E-state index in [1.54, 1.807) is 17.9 Å². The van der Waals surface area contributed by atoms with Crippen LogP contribution in [0.4, 0.5) is 5.69 Å². The van der Waals surface area contributed by atoms with Gasteiger partial charge in [-0.15, -0.1) is 6.58 Å². The van der Waals surface area contributed by atoms with Gasteiger partial charge in [-0.2, -0.15) is 0 Å². The van der Waals surface area contributed by atoms with Gasteiger partial charge < -0.3 is 24.4 Å². The maximum atomic E-state index is 14.8. The zero-order chi connectivity index (χ0) is 28.8. The van der Waals surface area contributed by atoms with Crippen LogP contribution in [0.3, 0.4) is 0 Å². The molecule has 2 aromatic carbocycles. The Bertz CT molecular complexity index is 1320. The molecule has 0 saturated carbocycles. The second-order valence-corrected chi connectivity index (χ2v) is 12.0. The van der Waals surface area contributed by atoms with Gasteiger partial charge in [0.25, 0.3) is 5.91 Å². The van der Waals surface area contributed by atoms with Crippen LogP contribution in [0.5, 0.6) is 0 Å². The number of aryl methyl sites for hydroxylation is 2. The summed E-state index contributed by atoms with van der Waals surface area (Å²) in [5.74, 6) is -3.03. The quantitative estimate of drug-likeness (QED) is 0.263. The molecular formula is C31H35BrN2O6. The molecule has 0 aromatic heterocycles. The number of amides is 2. The lowest BCUT2D eigenvalue weighted by Gasteiger charge is -2.39. The van der Waals surface area contributed by atoms with Crippen LogP contribution in [0, 0.1) is 25.7 Å². The number of hydrogen-bond donors (Lipinski definition) is 1. The summed E-state index contributed by atoms with van der Waals surface area (Å²) in [6.07, 6.45) is 1.40. The molecule has 2 amide bonds. The molecule has 3 aliphatic rings. The van der Waals surface area contributed by atoms with Gasteiger partial charge in [0.1, 0.15) is 11.6 Å². The number of aliphatic hydroxyl groups excluding tert-OH is 1. The first-order valence-corrected chi connectivity index (χ1v) is 14.6. The van der Waals surface area contributed by atoms with Gasteiger partial charge in [0.05, 0.1) is 37.2 Å². The molecule has 1 N–H and O–H groups in total. The lowest BCUT2D eigenvalue weighted by atomic mass is 9.70. The van der Waals surface area contributed by atoms with Crippen molar-refractivity contribution in [2.45, 2.75) is 55.8 Å². The van der Waals surface area contributed by atoms with E-state index in [1.807, 2.05) is 62.4 Å². The van der Waals surface area contributed by atoms with Crippen LogP contribution in [0.1, 0.15) is 36.1 Å². The highest BCUT2D eigenvalue weighted by atomic mass is 79.9. The van der Waals surface area contributed by atoms with E-state index in [0.29, 0.717) is 17.7 Å². The molecule has 0 aliphatic carbocycles. The molecule has 40 heavy (non-hydrogen) atoms. The van der Waals surface area contributed by atoms with E-state index in [0.717, 1.165) is 11.1 Å². The van der Waals surface area contributed by atoms with E-state index in [4.69, 9.17) is 9.47 Å². The molecule has 9 heteroatoms. The third kappa shape index (κ3) is 4.39. The van der Waals surface area contributed by atoms with Crippen molar-refractivity contribution in [3.05, 3.63) is 77.9 Å². The van der Waals surface area contributed by atoms with Crippen molar-refractivity contribution in [1.29, 1.82) is 0 Å². The molecule has 3 saturated heterocycles. The monoisotopic (exact) mass is 610 g/mol. The third-order valence-electron chi connectivity index (χ3n) is 8.45. The van der Waals surface area contributed by atoms with E-state index >= 15 is 0 Å². The molecule has 2 aromatic rings. The number of carbonyl (C=O) groups is 3. The van der Waals surface area contributed by atoms with Gasteiger partial charge >= 0.3 is 5.97 Å². The van der Waals surface area contributed by atoms with Crippen LogP contribution in [-0.2, 0) is 23.9 Å². The van der Waals surface area contributed by atoms with E-state index in [9.17, 15) is 19.5 Å². The second kappa shape index (κ2) is 11.1. The fraction of sp³-hybridized carbons (Fsp3) is 0.452. The van der Waals surface area contributed by atoms with Gasteiger partial charge in [-0.3, -0.25) is 14.4 Å². The summed E-state index contributed by atoms with van der Waals surface area (Å²) >= 11 is 3.68. The number of aliphatic hydroxyl groups is 1. The van der Waals surface area contributed by atoms with Gasteiger partial charge in [-0.25, -0.2) is 0 Å². The first-order valence-electron chi connectivity index (χ1n) is 13.7. The largest absolute Gasteiger partial charge is 0.466 e. The standard InChI is InChI=1S/C31H35BrN2O6/c1-5-14-33(22-15-18(3)12-13-19(22)4)29(37)27-31-16-21(32)26(40-31)24(30(38)39-6-2)25(31)28(36)34(27)23(17-35)20-10-8-7-9-11-20/h5,7-13,15,21,23-27,35H,1,6,14,16-17H2,2-4H3/t21?,23-,24+,25-,26+,27+,31-/m1/s1. The highest BCUT2D eigenvalue weighted by molar-refractivity contribution is 9.09. The van der Waals surface area contributed by atoms with E-state index in [-0.39, 0.29) is 29.8 Å². The Labute approximate surface area is 243 Å². The summed E-state index contributed by atoms with van der Waals surface area (Å²) in [4.78, 5) is 45.4. The number of benzene rings is 2. The number of ether oxygens (including phenoxy) is 2. The topological polar surface area (TPSA) is 96.4 Å². The molecule has 3 fully saturated rings. The molecule has 5 rings (SSSR count). The minimum absolute atomic E-state index is 0.165. The molecule has 2 bridgehead atoms. The molecule has 212 valence electrons. The molecule has 1 unspecified atom stereocenters. The zero-order valence-electron chi connectivity index (χ0n) is 23.0. The van der Waals surface area contributed by atoms with Crippen molar-refractivity contribution in [3.63, 3.8) is 0 Å². The third-order valence-corrected chi connectivity index (χ3v) is 9.29. The fourth-order valence-corrected chi connectivity index (χ4v) is 7.76. The normalized spacial score (nSPS) is 29.3. The molecule has 7 atom stereocenters. The number of hydrogen-bond acceptors (Lipinski definition) is 6. The van der Waals surface area contributed by atoms with Gasteiger partial charge in [-0.05, 0) is 49.9 Å². The van der Waals surface area contributed by atoms with Crippen LogP contribution >= 0.6 is 15.9 Å². The van der Waals surface area contributed by atoms with Crippen molar-refractivity contribution >= 4 is 39.4 Å². The summed E-state index contributed by atoms with van der Waals surface area (Å²) in [6, 6.07) is 13.1. The molecule has 3 aliphatic heterocycles. The number of anilines is 1. The van der Waals surface area contributed by atoms with Crippen molar-refractivity contribution in [1.82, 2.24) is 4.90 Å². The highest BCUT2D eigenvalue weighted by Crippen LogP contribution is 2.61. The van der Waals surface area contributed by atoms with Gasteiger partial charge in [0.2, 0.25) is 5.91 Å². The first-order chi connectivity index (χ1) is 19.2. The van der Waals surface area contributed by atoms with Gasteiger partial charge in [-0.1, -0.05) is 64.5 Å². The van der Waals surface area contributed by atoms with Crippen molar-refractivity contribution < 1.29 is 29.0 Å². The Kier molecular flexibility index (Phi) is 7.92.